The summed E-state index contributed by atoms with van der Waals surface area (Å²) in [5.74, 6) is -1.32. The van der Waals surface area contributed by atoms with Crippen molar-refractivity contribution in [1.29, 1.82) is 10.5 Å². The van der Waals surface area contributed by atoms with E-state index in [4.69, 9.17) is 9.47 Å². The van der Waals surface area contributed by atoms with Gasteiger partial charge in [-0.2, -0.15) is 10.5 Å². The smallest absolute Gasteiger partial charge is 0.334 e. The van der Waals surface area contributed by atoms with Gasteiger partial charge in [-0.3, -0.25) is 4.79 Å². The molecule has 0 fully saturated rings. The van der Waals surface area contributed by atoms with Crippen molar-refractivity contribution in [3.63, 3.8) is 0 Å². The Morgan fingerprint density at radius 1 is 1.00 bits per heavy atom. The minimum Gasteiger partial charge on any atom is -0.497 e. The highest BCUT2D eigenvalue weighted by atomic mass is 16.6. The van der Waals surface area contributed by atoms with Crippen LogP contribution in [0.3, 0.4) is 0 Å². The Kier molecular flexibility index (Phi) is 6.71. The van der Waals surface area contributed by atoms with Gasteiger partial charge in [0.2, 0.25) is 5.91 Å². The number of nitriles is 2. The number of amides is 1. The second-order valence-corrected chi connectivity index (χ2v) is 11.5. The fourth-order valence-electron chi connectivity index (χ4n) is 6.12. The molecule has 1 aliphatic carbocycles. The Bertz CT molecular complexity index is 1620. The molecule has 206 valence electrons. The summed E-state index contributed by atoms with van der Waals surface area (Å²) in [7, 11) is 1.59. The van der Waals surface area contributed by atoms with Crippen LogP contribution in [0.25, 0.3) is 0 Å². The number of benzene rings is 3. The number of aryl methyl sites for hydroxylation is 1. The van der Waals surface area contributed by atoms with Crippen LogP contribution in [0.2, 0.25) is 0 Å². The number of hydrogen-bond donors (Lipinski definition) is 0. The maximum Gasteiger partial charge on any atom is 0.334 e. The summed E-state index contributed by atoms with van der Waals surface area (Å²) in [5.41, 5.74) is -0.905. The van der Waals surface area contributed by atoms with E-state index in [2.05, 4.69) is 12.1 Å². The molecule has 3 aromatic rings. The van der Waals surface area contributed by atoms with Gasteiger partial charge >= 0.3 is 5.97 Å². The first-order valence-corrected chi connectivity index (χ1v) is 13.4. The SMILES string of the molecule is COc1ccc(CN2C(=O)[C@]3(c4cc(C)ccc42)[C@H](c2ccccc2)C(C(=O)OC(C)(C)C)=CC3(C#N)C#N)cc1. The summed E-state index contributed by atoms with van der Waals surface area (Å²) < 4.78 is 11.1. The lowest BCUT2D eigenvalue weighted by Gasteiger charge is -2.38. The third kappa shape index (κ3) is 4.26. The zero-order valence-corrected chi connectivity index (χ0v) is 23.8. The maximum atomic E-state index is 15.0. The molecule has 5 rings (SSSR count). The number of methoxy groups -OCH3 is 1. The average molecular weight is 546 g/mol. The third-order valence-electron chi connectivity index (χ3n) is 7.81. The van der Waals surface area contributed by atoms with E-state index in [1.54, 1.807) is 32.8 Å². The molecule has 1 heterocycles. The van der Waals surface area contributed by atoms with Gasteiger partial charge in [0, 0.05) is 17.2 Å². The van der Waals surface area contributed by atoms with Crippen LogP contribution in [0.4, 0.5) is 5.69 Å². The number of rotatable bonds is 5. The number of carbonyl (C=O) groups excluding carboxylic acids is 2. The van der Waals surface area contributed by atoms with Crippen molar-refractivity contribution in [1.82, 2.24) is 0 Å². The first kappa shape index (κ1) is 27.7. The van der Waals surface area contributed by atoms with Crippen LogP contribution in [0, 0.1) is 35.0 Å². The molecule has 0 saturated carbocycles. The minimum absolute atomic E-state index is 0.126. The molecular formula is C34H31N3O4. The molecule has 7 heteroatoms. The molecule has 0 saturated heterocycles. The standard InChI is InChI=1S/C34H31N3O4/c1-22-11-16-28-27(17-22)34(31(39)37(28)19-23-12-14-25(40-5)15-13-23)29(24-9-7-6-8-10-24)26(18-33(34,20-35)21-36)30(38)41-32(2,3)4/h6-18,29H,19H2,1-5H3/t29-,34+/m1/s1. The van der Waals surface area contributed by atoms with Crippen molar-refractivity contribution in [2.75, 3.05) is 12.0 Å². The molecule has 41 heavy (non-hydrogen) atoms. The number of ether oxygens (including phenoxy) is 2. The second-order valence-electron chi connectivity index (χ2n) is 11.5. The lowest BCUT2D eigenvalue weighted by Crippen LogP contribution is -2.52. The normalized spacial score (nSPS) is 20.7. The van der Waals surface area contributed by atoms with E-state index in [-0.39, 0.29) is 12.1 Å². The number of hydrogen-bond acceptors (Lipinski definition) is 6. The van der Waals surface area contributed by atoms with Crippen molar-refractivity contribution in [3.05, 3.63) is 107 Å². The van der Waals surface area contributed by atoms with E-state index >= 15 is 4.79 Å². The molecule has 0 unspecified atom stereocenters. The van der Waals surface area contributed by atoms with Gasteiger partial charge in [-0.15, -0.1) is 0 Å². The summed E-state index contributed by atoms with van der Waals surface area (Å²) in [6, 6.07) is 26.5. The first-order chi connectivity index (χ1) is 19.5. The molecule has 1 spiro atoms. The van der Waals surface area contributed by atoms with E-state index in [1.165, 1.54) is 6.08 Å². The van der Waals surface area contributed by atoms with E-state index in [0.29, 0.717) is 22.6 Å². The van der Waals surface area contributed by atoms with Gasteiger partial charge in [-0.1, -0.05) is 60.2 Å². The largest absolute Gasteiger partial charge is 0.497 e. The predicted molar refractivity (Wildman–Crippen MR) is 154 cm³/mol. The molecule has 2 atom stereocenters. The van der Waals surface area contributed by atoms with Crippen molar-refractivity contribution in [3.8, 4) is 17.9 Å². The Hall–Kier alpha value is -4.88. The molecule has 0 bridgehead atoms. The predicted octanol–water partition coefficient (Wildman–Crippen LogP) is 5.89. The lowest BCUT2D eigenvalue weighted by atomic mass is 9.57. The quantitative estimate of drug-likeness (QED) is 0.371. The number of carbonyl (C=O) groups is 2. The molecule has 7 nitrogen and oxygen atoms in total. The van der Waals surface area contributed by atoms with Crippen LogP contribution in [-0.2, 0) is 26.3 Å². The lowest BCUT2D eigenvalue weighted by molar-refractivity contribution is -0.150. The second kappa shape index (κ2) is 9.94. The zero-order valence-electron chi connectivity index (χ0n) is 23.8. The topological polar surface area (TPSA) is 103 Å². The average Bonchev–Trinajstić information content (AvgIpc) is 3.39. The van der Waals surface area contributed by atoms with E-state index in [9.17, 15) is 15.3 Å². The fourth-order valence-corrected chi connectivity index (χ4v) is 6.12. The van der Waals surface area contributed by atoms with Crippen molar-refractivity contribution in [2.24, 2.45) is 5.41 Å². The van der Waals surface area contributed by atoms with Gasteiger partial charge < -0.3 is 14.4 Å². The van der Waals surface area contributed by atoms with Gasteiger partial charge in [-0.05, 0) is 68.7 Å². The van der Waals surface area contributed by atoms with Crippen molar-refractivity contribution >= 4 is 17.6 Å². The van der Waals surface area contributed by atoms with Gasteiger partial charge in [0.25, 0.3) is 0 Å². The molecule has 0 N–H and O–H groups in total. The molecule has 1 aliphatic heterocycles. The summed E-state index contributed by atoms with van der Waals surface area (Å²) in [6.07, 6.45) is 1.37. The highest BCUT2D eigenvalue weighted by Gasteiger charge is 2.72. The van der Waals surface area contributed by atoms with Crippen LogP contribution in [0.1, 0.15) is 48.9 Å². The fraction of sp³-hybridized carbons (Fsp3) is 0.294. The van der Waals surface area contributed by atoms with E-state index in [0.717, 1.165) is 11.1 Å². The molecule has 0 radical (unpaired) electrons. The van der Waals surface area contributed by atoms with Crippen LogP contribution < -0.4 is 9.64 Å². The molecular weight excluding hydrogens is 514 g/mol. The van der Waals surface area contributed by atoms with Crippen LogP contribution in [0.5, 0.6) is 5.75 Å². The molecule has 2 aliphatic rings. The van der Waals surface area contributed by atoms with E-state index in [1.807, 2.05) is 79.7 Å². The number of esters is 1. The monoisotopic (exact) mass is 545 g/mol. The van der Waals surface area contributed by atoms with E-state index < -0.39 is 34.2 Å². The number of anilines is 1. The van der Waals surface area contributed by atoms with Gasteiger partial charge in [0.1, 0.15) is 16.8 Å². The highest BCUT2D eigenvalue weighted by Crippen LogP contribution is 2.65. The zero-order chi connectivity index (χ0) is 29.6. The Morgan fingerprint density at radius 2 is 1.66 bits per heavy atom. The summed E-state index contributed by atoms with van der Waals surface area (Å²) in [6.45, 7) is 7.37. The maximum absolute atomic E-state index is 15.0. The van der Waals surface area contributed by atoms with Crippen LogP contribution >= 0.6 is 0 Å². The summed E-state index contributed by atoms with van der Waals surface area (Å²) in [4.78, 5) is 30.4. The van der Waals surface area contributed by atoms with Crippen molar-refractivity contribution < 1.29 is 19.1 Å². The molecule has 1 amide bonds. The van der Waals surface area contributed by atoms with Crippen LogP contribution in [-0.4, -0.2) is 24.6 Å². The third-order valence-corrected chi connectivity index (χ3v) is 7.81. The van der Waals surface area contributed by atoms with Crippen molar-refractivity contribution in [2.45, 2.75) is 51.2 Å². The highest BCUT2D eigenvalue weighted by molar-refractivity contribution is 6.13. The van der Waals surface area contributed by atoms with Gasteiger partial charge in [0.05, 0.1) is 25.8 Å². The summed E-state index contributed by atoms with van der Waals surface area (Å²) in [5, 5.41) is 21.5. The number of allylic oxidation sites excluding steroid dienone is 1. The number of nitrogens with zero attached hydrogens (tertiary/aromatic N) is 3. The Balaban J connectivity index is 1.79. The van der Waals surface area contributed by atoms with Crippen LogP contribution in [0.15, 0.2) is 84.4 Å². The Morgan fingerprint density at radius 3 is 2.24 bits per heavy atom. The first-order valence-electron chi connectivity index (χ1n) is 13.4. The molecule has 3 aromatic carbocycles. The minimum atomic E-state index is -1.98. The molecule has 0 aromatic heterocycles. The van der Waals surface area contributed by atoms with Gasteiger partial charge in [-0.25, -0.2) is 4.79 Å². The Labute approximate surface area is 240 Å². The summed E-state index contributed by atoms with van der Waals surface area (Å²) >= 11 is 0. The number of fused-ring (bicyclic) bond motifs is 2. The van der Waals surface area contributed by atoms with Gasteiger partial charge in [0.15, 0.2) is 5.41 Å².